The van der Waals surface area contributed by atoms with Crippen molar-refractivity contribution in [2.24, 2.45) is 0 Å². The Bertz CT molecular complexity index is 855. The van der Waals surface area contributed by atoms with Gasteiger partial charge in [0, 0.05) is 24.1 Å². The van der Waals surface area contributed by atoms with Crippen molar-refractivity contribution in [3.8, 4) is 11.3 Å². The molecule has 1 fully saturated rings. The SMILES string of the molecule is Fc1ccc(-c2cc(CCCCCCC3(c4ccon4)OCCO3)no2)cc1. The second kappa shape index (κ2) is 8.67. The molecule has 148 valence electrons. The molecule has 0 atom stereocenters. The second-order valence-corrected chi connectivity index (χ2v) is 6.94. The fourth-order valence-electron chi connectivity index (χ4n) is 3.48. The van der Waals surface area contributed by atoms with Gasteiger partial charge in [0.15, 0.2) is 5.76 Å². The van der Waals surface area contributed by atoms with Gasteiger partial charge in [-0.05, 0) is 43.5 Å². The van der Waals surface area contributed by atoms with E-state index in [1.165, 1.54) is 12.1 Å². The van der Waals surface area contributed by atoms with Crippen molar-refractivity contribution in [3.63, 3.8) is 0 Å². The lowest BCUT2D eigenvalue weighted by Crippen LogP contribution is -2.27. The predicted molar refractivity (Wildman–Crippen MR) is 98.8 cm³/mol. The summed E-state index contributed by atoms with van der Waals surface area (Å²) in [6.07, 6.45) is 7.30. The van der Waals surface area contributed by atoms with E-state index in [2.05, 4.69) is 10.3 Å². The van der Waals surface area contributed by atoms with Gasteiger partial charge < -0.3 is 18.5 Å². The van der Waals surface area contributed by atoms with E-state index in [-0.39, 0.29) is 5.82 Å². The molecule has 6 nitrogen and oxygen atoms in total. The first-order valence-electron chi connectivity index (χ1n) is 9.65. The van der Waals surface area contributed by atoms with Crippen LogP contribution in [0.4, 0.5) is 4.39 Å². The third kappa shape index (κ3) is 4.31. The standard InChI is InChI=1S/C21H23FN2O4/c22-17-8-6-16(7-9-17)19-15-18(23-28-19)5-3-1-2-4-11-21(25-13-14-26-21)20-10-12-27-24-20/h6-10,12,15H,1-5,11,13-14H2. The number of halogens is 1. The third-order valence-corrected chi connectivity index (χ3v) is 4.96. The maximum Gasteiger partial charge on any atom is 0.215 e. The molecule has 7 heteroatoms. The highest BCUT2D eigenvalue weighted by Gasteiger charge is 2.40. The van der Waals surface area contributed by atoms with Gasteiger partial charge in [-0.2, -0.15) is 0 Å². The summed E-state index contributed by atoms with van der Waals surface area (Å²) < 4.78 is 35.0. The fourth-order valence-corrected chi connectivity index (χ4v) is 3.48. The number of aryl methyl sites for hydroxylation is 1. The van der Waals surface area contributed by atoms with E-state index in [4.69, 9.17) is 18.5 Å². The maximum atomic E-state index is 13.0. The third-order valence-electron chi connectivity index (χ3n) is 4.96. The molecule has 4 rings (SSSR count). The van der Waals surface area contributed by atoms with Crippen LogP contribution in [0.15, 0.2) is 51.7 Å². The van der Waals surface area contributed by atoms with Crippen LogP contribution in [0, 0.1) is 5.82 Å². The van der Waals surface area contributed by atoms with Crippen LogP contribution in [0.2, 0.25) is 0 Å². The highest BCUT2D eigenvalue weighted by molar-refractivity contribution is 5.57. The van der Waals surface area contributed by atoms with Gasteiger partial charge in [0.2, 0.25) is 5.79 Å². The van der Waals surface area contributed by atoms with Crippen molar-refractivity contribution in [1.29, 1.82) is 0 Å². The van der Waals surface area contributed by atoms with Crippen LogP contribution < -0.4 is 0 Å². The summed E-state index contributed by atoms with van der Waals surface area (Å²) in [6.45, 7) is 1.16. The first kappa shape index (κ1) is 18.8. The molecular weight excluding hydrogens is 363 g/mol. The molecule has 0 spiro atoms. The molecule has 3 aromatic rings. The molecule has 3 heterocycles. The zero-order chi connectivity index (χ0) is 19.2. The Morgan fingerprint density at radius 3 is 2.46 bits per heavy atom. The molecule has 2 aromatic heterocycles. The smallest absolute Gasteiger partial charge is 0.215 e. The van der Waals surface area contributed by atoms with Gasteiger partial charge in [0.05, 0.1) is 18.9 Å². The Morgan fingerprint density at radius 2 is 1.71 bits per heavy atom. The largest absolute Gasteiger partial charge is 0.364 e. The minimum atomic E-state index is -0.747. The average molecular weight is 386 g/mol. The summed E-state index contributed by atoms with van der Waals surface area (Å²) in [5.41, 5.74) is 2.46. The maximum absolute atomic E-state index is 13.0. The van der Waals surface area contributed by atoms with Crippen molar-refractivity contribution in [3.05, 3.63) is 59.9 Å². The Balaban J connectivity index is 1.20. The van der Waals surface area contributed by atoms with Crippen LogP contribution in [-0.2, 0) is 21.7 Å². The molecule has 0 N–H and O–H groups in total. The number of ether oxygens (including phenoxy) is 2. The van der Waals surface area contributed by atoms with E-state index < -0.39 is 5.79 Å². The number of benzene rings is 1. The molecule has 0 amide bonds. The zero-order valence-electron chi connectivity index (χ0n) is 15.6. The van der Waals surface area contributed by atoms with E-state index in [1.54, 1.807) is 24.5 Å². The zero-order valence-corrected chi connectivity index (χ0v) is 15.6. The highest BCUT2D eigenvalue weighted by Crippen LogP contribution is 2.35. The van der Waals surface area contributed by atoms with E-state index in [9.17, 15) is 4.39 Å². The van der Waals surface area contributed by atoms with Crippen molar-refractivity contribution in [2.45, 2.75) is 44.3 Å². The summed E-state index contributed by atoms with van der Waals surface area (Å²) in [5, 5.41) is 8.11. The molecule has 0 radical (unpaired) electrons. The van der Waals surface area contributed by atoms with Gasteiger partial charge in [0.1, 0.15) is 17.8 Å². The van der Waals surface area contributed by atoms with Crippen molar-refractivity contribution in [1.82, 2.24) is 10.3 Å². The van der Waals surface area contributed by atoms with Crippen LogP contribution in [0.25, 0.3) is 11.3 Å². The number of hydrogen-bond acceptors (Lipinski definition) is 6. The minimum Gasteiger partial charge on any atom is -0.364 e. The molecular formula is C21H23FN2O4. The summed E-state index contributed by atoms with van der Waals surface area (Å²) >= 11 is 0. The van der Waals surface area contributed by atoms with Crippen LogP contribution in [0.1, 0.15) is 43.5 Å². The number of unbranched alkanes of at least 4 members (excludes halogenated alkanes) is 3. The van der Waals surface area contributed by atoms with Crippen LogP contribution in [-0.4, -0.2) is 23.5 Å². The minimum absolute atomic E-state index is 0.262. The molecule has 1 saturated heterocycles. The van der Waals surface area contributed by atoms with Gasteiger partial charge in [-0.15, -0.1) is 0 Å². The average Bonchev–Trinajstić information content (AvgIpc) is 3.47. The van der Waals surface area contributed by atoms with Gasteiger partial charge in [-0.25, -0.2) is 4.39 Å². The first-order valence-corrected chi connectivity index (χ1v) is 9.65. The molecule has 1 aromatic carbocycles. The summed E-state index contributed by atoms with van der Waals surface area (Å²) in [7, 11) is 0. The van der Waals surface area contributed by atoms with Crippen LogP contribution >= 0.6 is 0 Å². The molecule has 0 saturated carbocycles. The second-order valence-electron chi connectivity index (χ2n) is 6.94. The molecule has 0 aliphatic carbocycles. The molecule has 0 bridgehead atoms. The lowest BCUT2D eigenvalue weighted by Gasteiger charge is -2.24. The van der Waals surface area contributed by atoms with Crippen LogP contribution in [0.5, 0.6) is 0 Å². The molecule has 0 unspecified atom stereocenters. The number of aromatic nitrogens is 2. The highest BCUT2D eigenvalue weighted by atomic mass is 19.1. The van der Waals surface area contributed by atoms with Crippen molar-refractivity contribution < 1.29 is 22.9 Å². The van der Waals surface area contributed by atoms with Gasteiger partial charge in [-0.3, -0.25) is 0 Å². The Hall–Kier alpha value is -2.51. The predicted octanol–water partition coefficient (Wildman–Crippen LogP) is 4.86. The molecule has 1 aliphatic rings. The number of hydrogen-bond donors (Lipinski definition) is 0. The Kier molecular flexibility index (Phi) is 5.83. The lowest BCUT2D eigenvalue weighted by atomic mass is 10.0. The van der Waals surface area contributed by atoms with Gasteiger partial charge in [-0.1, -0.05) is 23.2 Å². The quantitative estimate of drug-likeness (QED) is 0.489. The Morgan fingerprint density at radius 1 is 0.929 bits per heavy atom. The molecule has 28 heavy (non-hydrogen) atoms. The van der Waals surface area contributed by atoms with Gasteiger partial charge in [0.25, 0.3) is 0 Å². The van der Waals surface area contributed by atoms with Gasteiger partial charge >= 0.3 is 0 Å². The van der Waals surface area contributed by atoms with E-state index >= 15 is 0 Å². The molecule has 1 aliphatic heterocycles. The van der Waals surface area contributed by atoms with E-state index in [0.29, 0.717) is 24.7 Å². The van der Waals surface area contributed by atoms with Crippen LogP contribution in [0.3, 0.4) is 0 Å². The monoisotopic (exact) mass is 386 g/mol. The number of nitrogens with zero attached hydrogens (tertiary/aromatic N) is 2. The van der Waals surface area contributed by atoms with Crippen molar-refractivity contribution in [2.75, 3.05) is 13.2 Å². The summed E-state index contributed by atoms with van der Waals surface area (Å²) in [5.74, 6) is -0.342. The van der Waals surface area contributed by atoms with Crippen molar-refractivity contribution >= 4 is 0 Å². The lowest BCUT2D eigenvalue weighted by molar-refractivity contribution is -0.175. The Labute approximate surface area is 162 Å². The van der Waals surface area contributed by atoms with E-state index in [1.807, 2.05) is 6.07 Å². The normalized spacial score (nSPS) is 15.9. The number of rotatable bonds is 9. The fraction of sp³-hybridized carbons (Fsp3) is 0.429. The van der Waals surface area contributed by atoms with E-state index in [0.717, 1.165) is 49.8 Å². The summed E-state index contributed by atoms with van der Waals surface area (Å²) in [6, 6.07) is 9.94. The summed E-state index contributed by atoms with van der Waals surface area (Å²) in [4.78, 5) is 0. The topological polar surface area (TPSA) is 70.5 Å². The first-order chi connectivity index (χ1) is 13.8.